The van der Waals surface area contributed by atoms with Gasteiger partial charge in [0.15, 0.2) is 6.61 Å². The monoisotopic (exact) mass is 448 g/mol. The van der Waals surface area contributed by atoms with Crippen molar-refractivity contribution in [2.45, 2.75) is 6.61 Å². The molecule has 0 bridgehead atoms. The van der Waals surface area contributed by atoms with Gasteiger partial charge in [-0.3, -0.25) is 0 Å². The molecule has 0 unspecified atom stereocenters. The van der Waals surface area contributed by atoms with Crippen LogP contribution in [-0.4, -0.2) is 16.1 Å². The number of esters is 1. The fourth-order valence-electron chi connectivity index (χ4n) is 1.47. The summed E-state index contributed by atoms with van der Waals surface area (Å²) in [5.41, 5.74) is 0.882. The number of nitrogens with zero attached hydrogens (tertiary/aromatic N) is 2. The van der Waals surface area contributed by atoms with Crippen LogP contribution in [0.2, 0.25) is 0 Å². The first-order valence-electron chi connectivity index (χ1n) is 5.60. The van der Waals surface area contributed by atoms with Crippen LogP contribution in [0.25, 0.3) is 11.4 Å². The lowest BCUT2D eigenvalue weighted by atomic mass is 10.3. The maximum atomic E-state index is 11.9. The van der Waals surface area contributed by atoms with Crippen LogP contribution in [0.5, 0.6) is 0 Å². The molecule has 0 atom stereocenters. The highest BCUT2D eigenvalue weighted by atomic mass is 79.9. The standard InChI is InChI=1S/C12H6Br2N2O3S2/c13-7-3-8(21-10(7)14)12(17)18-4-9-15-11(16-19-9)6-1-2-20-5-6/h1-3,5H,4H2. The zero-order valence-corrected chi connectivity index (χ0v) is 15.0. The number of rotatable bonds is 4. The molecule has 0 aliphatic carbocycles. The topological polar surface area (TPSA) is 65.2 Å². The van der Waals surface area contributed by atoms with E-state index < -0.39 is 5.97 Å². The molecule has 0 aliphatic rings. The second-order valence-electron chi connectivity index (χ2n) is 3.83. The molecular weight excluding hydrogens is 444 g/mol. The molecule has 0 N–H and O–H groups in total. The smallest absolute Gasteiger partial charge is 0.348 e. The molecule has 0 spiro atoms. The highest BCUT2D eigenvalue weighted by Gasteiger charge is 2.15. The number of ether oxygens (including phenoxy) is 1. The van der Waals surface area contributed by atoms with E-state index in [0.29, 0.717) is 10.7 Å². The van der Waals surface area contributed by atoms with E-state index in [-0.39, 0.29) is 12.5 Å². The maximum absolute atomic E-state index is 11.9. The van der Waals surface area contributed by atoms with E-state index in [1.807, 2.05) is 16.8 Å². The molecule has 3 aromatic heterocycles. The summed E-state index contributed by atoms with van der Waals surface area (Å²) in [6, 6.07) is 3.59. The Labute approximate surface area is 144 Å². The van der Waals surface area contributed by atoms with Crippen molar-refractivity contribution in [1.82, 2.24) is 10.1 Å². The van der Waals surface area contributed by atoms with Crippen molar-refractivity contribution in [3.8, 4) is 11.4 Å². The molecule has 0 aromatic carbocycles. The van der Waals surface area contributed by atoms with Crippen molar-refractivity contribution in [3.63, 3.8) is 0 Å². The molecule has 0 fully saturated rings. The molecule has 3 heterocycles. The number of carbonyl (C=O) groups is 1. The van der Waals surface area contributed by atoms with E-state index in [2.05, 4.69) is 42.0 Å². The molecule has 9 heteroatoms. The quantitative estimate of drug-likeness (QED) is 0.538. The van der Waals surface area contributed by atoms with Gasteiger partial charge in [-0.2, -0.15) is 16.3 Å². The van der Waals surface area contributed by atoms with Gasteiger partial charge in [0, 0.05) is 15.4 Å². The van der Waals surface area contributed by atoms with Crippen LogP contribution < -0.4 is 0 Å². The number of hydrogen-bond donors (Lipinski definition) is 0. The van der Waals surface area contributed by atoms with Crippen molar-refractivity contribution >= 4 is 60.5 Å². The Bertz CT molecular complexity index is 748. The molecule has 0 saturated heterocycles. The van der Waals surface area contributed by atoms with Crippen LogP contribution in [0.3, 0.4) is 0 Å². The van der Waals surface area contributed by atoms with E-state index in [1.54, 1.807) is 17.4 Å². The predicted octanol–water partition coefficient (Wildman–Crippen LogP) is 4.74. The number of halogens is 2. The Morgan fingerprint density at radius 1 is 1.43 bits per heavy atom. The summed E-state index contributed by atoms with van der Waals surface area (Å²) in [6.07, 6.45) is 0. The lowest BCUT2D eigenvalue weighted by molar-refractivity contribution is 0.0435. The Morgan fingerprint density at radius 2 is 2.29 bits per heavy atom. The Morgan fingerprint density at radius 3 is 2.95 bits per heavy atom. The van der Waals surface area contributed by atoms with Crippen molar-refractivity contribution < 1.29 is 14.1 Å². The zero-order chi connectivity index (χ0) is 14.8. The van der Waals surface area contributed by atoms with Gasteiger partial charge in [-0.25, -0.2) is 4.79 Å². The number of carbonyl (C=O) groups excluding carboxylic acids is 1. The molecule has 3 rings (SSSR count). The summed E-state index contributed by atoms with van der Waals surface area (Å²) in [7, 11) is 0. The van der Waals surface area contributed by atoms with Gasteiger partial charge in [0.25, 0.3) is 5.89 Å². The first-order valence-corrected chi connectivity index (χ1v) is 8.95. The third-order valence-electron chi connectivity index (χ3n) is 2.42. The molecular formula is C12H6Br2N2O3S2. The summed E-state index contributed by atoms with van der Waals surface area (Å²) in [5.74, 6) is 0.324. The van der Waals surface area contributed by atoms with Crippen LogP contribution in [-0.2, 0) is 11.3 Å². The fraction of sp³-hybridized carbons (Fsp3) is 0.0833. The van der Waals surface area contributed by atoms with Gasteiger partial charge in [0.1, 0.15) is 4.88 Å². The van der Waals surface area contributed by atoms with Crippen LogP contribution in [0.4, 0.5) is 0 Å². The molecule has 3 aromatic rings. The first-order chi connectivity index (χ1) is 10.1. The zero-order valence-electron chi connectivity index (χ0n) is 10.2. The lowest BCUT2D eigenvalue weighted by Crippen LogP contribution is -2.03. The van der Waals surface area contributed by atoms with Crippen LogP contribution >= 0.6 is 54.5 Å². The molecule has 0 saturated carbocycles. The van der Waals surface area contributed by atoms with Gasteiger partial charge in [0.05, 0.1) is 3.79 Å². The summed E-state index contributed by atoms with van der Waals surface area (Å²) in [6.45, 7) is -0.0525. The third kappa shape index (κ3) is 3.42. The minimum atomic E-state index is -0.429. The molecule has 21 heavy (non-hydrogen) atoms. The van der Waals surface area contributed by atoms with E-state index in [0.717, 1.165) is 13.8 Å². The van der Waals surface area contributed by atoms with Gasteiger partial charge >= 0.3 is 5.97 Å². The Kier molecular flexibility index (Phi) is 4.53. The van der Waals surface area contributed by atoms with Crippen molar-refractivity contribution in [2.75, 3.05) is 0 Å². The number of hydrogen-bond acceptors (Lipinski definition) is 7. The molecule has 0 radical (unpaired) electrons. The van der Waals surface area contributed by atoms with Crippen molar-refractivity contribution in [1.29, 1.82) is 0 Å². The van der Waals surface area contributed by atoms with Crippen molar-refractivity contribution in [3.05, 3.63) is 41.9 Å². The largest absolute Gasteiger partial charge is 0.451 e. The first kappa shape index (κ1) is 14.9. The van der Waals surface area contributed by atoms with E-state index in [1.165, 1.54) is 11.3 Å². The van der Waals surface area contributed by atoms with Crippen LogP contribution in [0, 0.1) is 0 Å². The number of thiophene rings is 2. The summed E-state index contributed by atoms with van der Waals surface area (Å²) in [5, 5.41) is 7.69. The van der Waals surface area contributed by atoms with Gasteiger partial charge in [-0.15, -0.1) is 11.3 Å². The minimum Gasteiger partial charge on any atom is -0.451 e. The second kappa shape index (κ2) is 6.39. The molecule has 108 valence electrons. The molecule has 5 nitrogen and oxygen atoms in total. The molecule has 0 aliphatic heterocycles. The molecule has 0 amide bonds. The Hall–Kier alpha value is -1.03. The van der Waals surface area contributed by atoms with Gasteiger partial charge < -0.3 is 9.26 Å². The average molecular weight is 450 g/mol. The van der Waals surface area contributed by atoms with E-state index >= 15 is 0 Å². The van der Waals surface area contributed by atoms with Crippen molar-refractivity contribution in [2.24, 2.45) is 0 Å². The van der Waals surface area contributed by atoms with Gasteiger partial charge in [-0.1, -0.05) is 5.16 Å². The second-order valence-corrected chi connectivity index (χ2v) is 7.84. The highest BCUT2D eigenvalue weighted by Crippen LogP contribution is 2.32. The van der Waals surface area contributed by atoms with E-state index in [9.17, 15) is 4.79 Å². The fourth-order valence-corrected chi connectivity index (χ4v) is 4.03. The third-order valence-corrected chi connectivity index (χ3v) is 6.34. The normalized spacial score (nSPS) is 10.8. The lowest BCUT2D eigenvalue weighted by Gasteiger charge is -1.98. The SMILES string of the molecule is O=C(OCc1nc(-c2ccsc2)no1)c1cc(Br)c(Br)s1. The van der Waals surface area contributed by atoms with Gasteiger partial charge in [-0.05, 0) is 49.4 Å². The Balaban J connectivity index is 1.64. The van der Waals surface area contributed by atoms with Gasteiger partial charge in [0.2, 0.25) is 5.82 Å². The predicted molar refractivity (Wildman–Crippen MR) is 86.4 cm³/mol. The summed E-state index contributed by atoms with van der Waals surface area (Å²) >= 11 is 9.49. The van der Waals surface area contributed by atoms with Crippen LogP contribution in [0.15, 0.2) is 35.7 Å². The highest BCUT2D eigenvalue weighted by molar-refractivity contribution is 9.13. The summed E-state index contributed by atoms with van der Waals surface area (Å²) < 4.78 is 11.9. The average Bonchev–Trinajstić information content (AvgIpc) is 3.17. The van der Waals surface area contributed by atoms with E-state index in [4.69, 9.17) is 9.26 Å². The summed E-state index contributed by atoms with van der Waals surface area (Å²) in [4.78, 5) is 16.5. The maximum Gasteiger partial charge on any atom is 0.348 e. The minimum absolute atomic E-state index is 0.0525. The van der Waals surface area contributed by atoms with Crippen LogP contribution in [0.1, 0.15) is 15.6 Å². The number of aromatic nitrogens is 2.